The van der Waals surface area contributed by atoms with Crippen LogP contribution in [0.3, 0.4) is 0 Å². The standard InChI is InChI=1S/C17H13ClF3N3O/c1-9-3-6-14-22-10(2)15(24(14)8-9)16(25)23-13-5-4-11(18)7-12(13)17(19,20)21/h3-8H,1-2H3,(H,23,25). The molecule has 1 N–H and O–H groups in total. The fourth-order valence-corrected chi connectivity index (χ4v) is 2.76. The molecule has 8 heteroatoms. The van der Waals surface area contributed by atoms with Crippen LogP contribution in [0.1, 0.15) is 27.3 Å². The number of halogens is 4. The number of hydrogen-bond acceptors (Lipinski definition) is 2. The molecule has 0 unspecified atom stereocenters. The highest BCUT2D eigenvalue weighted by Gasteiger charge is 2.34. The Bertz CT molecular complexity index is 979. The van der Waals surface area contributed by atoms with E-state index in [0.717, 1.165) is 17.7 Å². The van der Waals surface area contributed by atoms with Gasteiger partial charge < -0.3 is 5.32 Å². The van der Waals surface area contributed by atoms with Crippen LogP contribution in [0.4, 0.5) is 18.9 Å². The largest absolute Gasteiger partial charge is 0.418 e. The summed E-state index contributed by atoms with van der Waals surface area (Å²) in [6.07, 6.45) is -2.94. The van der Waals surface area contributed by atoms with Gasteiger partial charge in [-0.15, -0.1) is 0 Å². The van der Waals surface area contributed by atoms with E-state index in [1.807, 2.05) is 13.0 Å². The molecule has 0 radical (unpaired) electrons. The zero-order valence-corrected chi connectivity index (χ0v) is 14.0. The molecule has 0 aliphatic heterocycles. The number of alkyl halides is 3. The molecule has 0 aliphatic carbocycles. The summed E-state index contributed by atoms with van der Waals surface area (Å²) in [6.45, 7) is 3.47. The smallest absolute Gasteiger partial charge is 0.320 e. The Morgan fingerprint density at radius 2 is 1.92 bits per heavy atom. The van der Waals surface area contributed by atoms with Crippen LogP contribution in [0.15, 0.2) is 36.5 Å². The van der Waals surface area contributed by atoms with E-state index >= 15 is 0 Å². The Balaban J connectivity index is 2.05. The van der Waals surface area contributed by atoms with Gasteiger partial charge in [0.05, 0.1) is 16.9 Å². The van der Waals surface area contributed by atoms with E-state index in [9.17, 15) is 18.0 Å². The Labute approximate surface area is 146 Å². The molecule has 0 saturated heterocycles. The molecule has 1 aromatic carbocycles. The molecule has 0 atom stereocenters. The van der Waals surface area contributed by atoms with Crippen molar-refractivity contribution in [1.82, 2.24) is 9.38 Å². The highest BCUT2D eigenvalue weighted by atomic mass is 35.5. The van der Waals surface area contributed by atoms with Crippen molar-refractivity contribution in [2.75, 3.05) is 5.32 Å². The van der Waals surface area contributed by atoms with Crippen LogP contribution in [-0.2, 0) is 6.18 Å². The molecule has 0 bridgehead atoms. The summed E-state index contributed by atoms with van der Waals surface area (Å²) < 4.78 is 41.1. The van der Waals surface area contributed by atoms with Crippen LogP contribution in [-0.4, -0.2) is 15.3 Å². The van der Waals surface area contributed by atoms with Crippen LogP contribution < -0.4 is 5.32 Å². The third-order valence-electron chi connectivity index (χ3n) is 3.69. The number of carbonyl (C=O) groups is 1. The first-order valence-electron chi connectivity index (χ1n) is 7.30. The van der Waals surface area contributed by atoms with Crippen molar-refractivity contribution in [3.8, 4) is 0 Å². The highest BCUT2D eigenvalue weighted by molar-refractivity contribution is 6.30. The van der Waals surface area contributed by atoms with E-state index in [-0.39, 0.29) is 16.4 Å². The van der Waals surface area contributed by atoms with Crippen LogP contribution in [0.2, 0.25) is 5.02 Å². The second-order valence-corrected chi connectivity index (χ2v) is 6.06. The number of anilines is 1. The van der Waals surface area contributed by atoms with Crippen molar-refractivity contribution in [3.63, 3.8) is 0 Å². The molecule has 2 aromatic heterocycles. The number of pyridine rings is 1. The van der Waals surface area contributed by atoms with Gasteiger partial charge in [-0.25, -0.2) is 4.98 Å². The van der Waals surface area contributed by atoms with Gasteiger partial charge in [0.15, 0.2) is 0 Å². The maximum atomic E-state index is 13.2. The minimum Gasteiger partial charge on any atom is -0.320 e. The summed E-state index contributed by atoms with van der Waals surface area (Å²) >= 11 is 5.65. The van der Waals surface area contributed by atoms with Gasteiger partial charge in [0.2, 0.25) is 0 Å². The third-order valence-corrected chi connectivity index (χ3v) is 3.93. The second-order valence-electron chi connectivity index (χ2n) is 5.62. The van der Waals surface area contributed by atoms with Crippen molar-refractivity contribution < 1.29 is 18.0 Å². The molecule has 25 heavy (non-hydrogen) atoms. The lowest BCUT2D eigenvalue weighted by Gasteiger charge is -2.14. The Morgan fingerprint density at radius 1 is 1.20 bits per heavy atom. The van der Waals surface area contributed by atoms with Gasteiger partial charge >= 0.3 is 6.18 Å². The fourth-order valence-electron chi connectivity index (χ4n) is 2.58. The van der Waals surface area contributed by atoms with Gasteiger partial charge in [0.1, 0.15) is 11.3 Å². The van der Waals surface area contributed by atoms with Crippen molar-refractivity contribution >= 4 is 28.8 Å². The lowest BCUT2D eigenvalue weighted by molar-refractivity contribution is -0.136. The number of rotatable bonds is 2. The van der Waals surface area contributed by atoms with E-state index < -0.39 is 17.6 Å². The fraction of sp³-hybridized carbons (Fsp3) is 0.176. The number of nitrogens with one attached hydrogen (secondary N) is 1. The number of amides is 1. The molecule has 130 valence electrons. The van der Waals surface area contributed by atoms with Crippen LogP contribution >= 0.6 is 11.6 Å². The average molecular weight is 368 g/mol. The lowest BCUT2D eigenvalue weighted by Crippen LogP contribution is -2.19. The predicted octanol–water partition coefficient (Wildman–Crippen LogP) is 4.88. The molecule has 0 spiro atoms. The molecule has 3 rings (SSSR count). The summed E-state index contributed by atoms with van der Waals surface area (Å²) in [4.78, 5) is 16.9. The SMILES string of the molecule is Cc1ccc2nc(C)c(C(=O)Nc3ccc(Cl)cc3C(F)(F)F)n2c1. The van der Waals surface area contributed by atoms with Crippen LogP contribution in [0.5, 0.6) is 0 Å². The molecule has 4 nitrogen and oxygen atoms in total. The first kappa shape index (κ1) is 17.3. The normalized spacial score (nSPS) is 11.8. The molecule has 3 aromatic rings. The van der Waals surface area contributed by atoms with Crippen molar-refractivity contribution in [2.45, 2.75) is 20.0 Å². The topological polar surface area (TPSA) is 46.4 Å². The predicted molar refractivity (Wildman–Crippen MR) is 89.1 cm³/mol. The van der Waals surface area contributed by atoms with Crippen molar-refractivity contribution in [1.29, 1.82) is 0 Å². The number of benzene rings is 1. The lowest BCUT2D eigenvalue weighted by atomic mass is 10.1. The molecular weight excluding hydrogens is 355 g/mol. The number of aromatic nitrogens is 2. The Morgan fingerprint density at radius 3 is 2.60 bits per heavy atom. The van der Waals surface area contributed by atoms with Gasteiger partial charge in [0, 0.05) is 11.2 Å². The number of imidazole rings is 1. The zero-order valence-electron chi connectivity index (χ0n) is 13.3. The number of hydrogen-bond donors (Lipinski definition) is 1. The first-order valence-corrected chi connectivity index (χ1v) is 7.68. The molecule has 0 aliphatic rings. The van der Waals surface area contributed by atoms with Crippen molar-refractivity contribution in [3.05, 3.63) is 64.1 Å². The third kappa shape index (κ3) is 3.32. The van der Waals surface area contributed by atoms with Gasteiger partial charge in [-0.2, -0.15) is 13.2 Å². The van der Waals surface area contributed by atoms with Gasteiger partial charge in [-0.05, 0) is 43.7 Å². The Hall–Kier alpha value is -2.54. The molecule has 1 amide bonds. The summed E-state index contributed by atoms with van der Waals surface area (Å²) in [5.41, 5.74) is 0.675. The quantitative estimate of drug-likeness (QED) is 0.702. The molecule has 0 saturated carbocycles. The van der Waals surface area contributed by atoms with Crippen LogP contribution in [0, 0.1) is 13.8 Å². The maximum Gasteiger partial charge on any atom is 0.418 e. The van der Waals surface area contributed by atoms with Crippen molar-refractivity contribution in [2.24, 2.45) is 0 Å². The van der Waals surface area contributed by atoms with Gasteiger partial charge in [-0.1, -0.05) is 17.7 Å². The first-order chi connectivity index (χ1) is 11.7. The van der Waals surface area contributed by atoms with Gasteiger partial charge in [-0.3, -0.25) is 9.20 Å². The molecular formula is C17H13ClF3N3O. The van der Waals surface area contributed by atoms with Gasteiger partial charge in [0.25, 0.3) is 5.91 Å². The Kier molecular flexibility index (Phi) is 4.20. The summed E-state index contributed by atoms with van der Waals surface area (Å²) in [5.74, 6) is -0.677. The summed E-state index contributed by atoms with van der Waals surface area (Å²) in [7, 11) is 0. The van der Waals surface area contributed by atoms with E-state index in [1.54, 1.807) is 23.6 Å². The minimum atomic E-state index is -4.64. The minimum absolute atomic E-state index is 0.0630. The second kappa shape index (κ2) is 6.07. The number of fused-ring (bicyclic) bond motifs is 1. The summed E-state index contributed by atoms with van der Waals surface area (Å²) in [6, 6.07) is 6.78. The number of carbonyl (C=O) groups excluding carboxylic acids is 1. The molecule has 0 fully saturated rings. The highest BCUT2D eigenvalue weighted by Crippen LogP contribution is 2.36. The maximum absolute atomic E-state index is 13.2. The average Bonchev–Trinajstić information content (AvgIpc) is 2.83. The zero-order chi connectivity index (χ0) is 18.4. The van der Waals surface area contributed by atoms with E-state index in [4.69, 9.17) is 11.6 Å². The van der Waals surface area contributed by atoms with Crippen LogP contribution in [0.25, 0.3) is 5.65 Å². The number of nitrogens with zero attached hydrogens (tertiary/aromatic N) is 2. The van der Waals surface area contributed by atoms with E-state index in [0.29, 0.717) is 11.3 Å². The van der Waals surface area contributed by atoms with E-state index in [2.05, 4.69) is 10.3 Å². The molecule has 2 heterocycles. The number of aryl methyl sites for hydroxylation is 2. The van der Waals surface area contributed by atoms with E-state index in [1.165, 1.54) is 6.07 Å². The monoisotopic (exact) mass is 367 g/mol. The summed E-state index contributed by atoms with van der Waals surface area (Å²) in [5, 5.41) is 2.26.